The molecule has 1 heterocycles. The van der Waals surface area contributed by atoms with Gasteiger partial charge in [-0.15, -0.1) is 0 Å². The zero-order valence-electron chi connectivity index (χ0n) is 13.6. The Morgan fingerprint density at radius 2 is 2.05 bits per heavy atom. The SMILES string of the molecule is CCCCC(CN)NC(=O)C(NC(=O)c1ccco1)C(C)C. The van der Waals surface area contributed by atoms with Crippen molar-refractivity contribution in [3.05, 3.63) is 24.2 Å². The molecule has 1 aromatic rings. The number of unbranched alkanes of at least 4 members (excludes halogenated alkanes) is 1. The van der Waals surface area contributed by atoms with Crippen LogP contribution in [0.1, 0.15) is 50.6 Å². The Hall–Kier alpha value is -1.82. The van der Waals surface area contributed by atoms with Gasteiger partial charge in [0, 0.05) is 12.6 Å². The van der Waals surface area contributed by atoms with Crippen LogP contribution in [0.5, 0.6) is 0 Å². The van der Waals surface area contributed by atoms with E-state index in [1.807, 2.05) is 13.8 Å². The number of carbonyl (C=O) groups is 2. The van der Waals surface area contributed by atoms with Crippen molar-refractivity contribution in [2.24, 2.45) is 11.7 Å². The highest BCUT2D eigenvalue weighted by Crippen LogP contribution is 2.07. The van der Waals surface area contributed by atoms with Gasteiger partial charge in [-0.05, 0) is 24.5 Å². The number of rotatable bonds is 9. The van der Waals surface area contributed by atoms with Gasteiger partial charge in [0.25, 0.3) is 5.91 Å². The number of nitrogens with one attached hydrogen (secondary N) is 2. The molecule has 6 heteroatoms. The number of nitrogens with two attached hydrogens (primary N) is 1. The van der Waals surface area contributed by atoms with Gasteiger partial charge in [-0.2, -0.15) is 0 Å². The molecule has 2 amide bonds. The number of hydrogen-bond acceptors (Lipinski definition) is 4. The minimum Gasteiger partial charge on any atom is -0.459 e. The van der Waals surface area contributed by atoms with Crippen LogP contribution in [0.4, 0.5) is 0 Å². The minimum absolute atomic E-state index is 0.0384. The van der Waals surface area contributed by atoms with Gasteiger partial charge in [-0.1, -0.05) is 33.6 Å². The molecule has 2 unspecified atom stereocenters. The average Bonchev–Trinajstić information content (AvgIpc) is 3.02. The zero-order chi connectivity index (χ0) is 16.5. The van der Waals surface area contributed by atoms with E-state index in [2.05, 4.69) is 17.6 Å². The third-order valence-electron chi connectivity index (χ3n) is 3.52. The molecule has 1 rings (SSSR count). The van der Waals surface area contributed by atoms with Crippen LogP contribution in [0.15, 0.2) is 22.8 Å². The zero-order valence-corrected chi connectivity index (χ0v) is 13.6. The van der Waals surface area contributed by atoms with Gasteiger partial charge >= 0.3 is 0 Å². The van der Waals surface area contributed by atoms with Gasteiger partial charge in [-0.25, -0.2) is 0 Å². The lowest BCUT2D eigenvalue weighted by Gasteiger charge is -2.24. The molecule has 124 valence electrons. The third-order valence-corrected chi connectivity index (χ3v) is 3.52. The normalized spacial score (nSPS) is 13.7. The first-order valence-electron chi connectivity index (χ1n) is 7.84. The Labute approximate surface area is 131 Å². The fraction of sp³-hybridized carbons (Fsp3) is 0.625. The van der Waals surface area contributed by atoms with E-state index < -0.39 is 11.9 Å². The molecule has 0 spiro atoms. The molecule has 22 heavy (non-hydrogen) atoms. The van der Waals surface area contributed by atoms with Crippen LogP contribution in [0.25, 0.3) is 0 Å². The summed E-state index contributed by atoms with van der Waals surface area (Å²) in [6, 6.07) is 2.52. The van der Waals surface area contributed by atoms with E-state index in [0.29, 0.717) is 6.54 Å². The van der Waals surface area contributed by atoms with E-state index >= 15 is 0 Å². The van der Waals surface area contributed by atoms with Gasteiger partial charge in [0.15, 0.2) is 5.76 Å². The van der Waals surface area contributed by atoms with Crippen LogP contribution in [-0.2, 0) is 4.79 Å². The van der Waals surface area contributed by atoms with Crippen molar-refractivity contribution in [2.45, 2.75) is 52.1 Å². The van der Waals surface area contributed by atoms with Gasteiger partial charge in [0.1, 0.15) is 6.04 Å². The van der Waals surface area contributed by atoms with E-state index in [-0.39, 0.29) is 23.6 Å². The maximum atomic E-state index is 12.4. The molecule has 0 aliphatic carbocycles. The molecule has 4 N–H and O–H groups in total. The van der Waals surface area contributed by atoms with Crippen LogP contribution < -0.4 is 16.4 Å². The summed E-state index contributed by atoms with van der Waals surface area (Å²) in [5.41, 5.74) is 5.70. The lowest BCUT2D eigenvalue weighted by atomic mass is 10.0. The second kappa shape index (κ2) is 9.25. The quantitative estimate of drug-likeness (QED) is 0.646. The largest absolute Gasteiger partial charge is 0.459 e. The highest BCUT2D eigenvalue weighted by atomic mass is 16.3. The number of hydrogen-bond donors (Lipinski definition) is 3. The fourth-order valence-corrected chi connectivity index (χ4v) is 2.15. The molecule has 6 nitrogen and oxygen atoms in total. The van der Waals surface area contributed by atoms with Gasteiger partial charge in [0.05, 0.1) is 6.26 Å². The molecule has 2 atom stereocenters. The maximum Gasteiger partial charge on any atom is 0.287 e. The van der Waals surface area contributed by atoms with Crippen LogP contribution in [0, 0.1) is 5.92 Å². The molecule has 0 aromatic carbocycles. The Kier molecular flexibility index (Phi) is 7.66. The summed E-state index contributed by atoms with van der Waals surface area (Å²) in [7, 11) is 0. The molecule has 0 fully saturated rings. The number of furan rings is 1. The molecular weight excluding hydrogens is 282 g/mol. The summed E-state index contributed by atoms with van der Waals surface area (Å²) in [4.78, 5) is 24.5. The monoisotopic (exact) mass is 309 g/mol. The highest BCUT2D eigenvalue weighted by Gasteiger charge is 2.26. The topological polar surface area (TPSA) is 97.4 Å². The Morgan fingerprint density at radius 3 is 2.55 bits per heavy atom. The second-order valence-corrected chi connectivity index (χ2v) is 5.76. The summed E-state index contributed by atoms with van der Waals surface area (Å²) in [6.45, 7) is 6.25. The molecule has 0 aliphatic rings. The van der Waals surface area contributed by atoms with Crippen molar-refractivity contribution >= 4 is 11.8 Å². The first-order chi connectivity index (χ1) is 10.5. The summed E-state index contributed by atoms with van der Waals surface area (Å²) >= 11 is 0. The van der Waals surface area contributed by atoms with Crippen molar-refractivity contribution in [1.29, 1.82) is 0 Å². The molecule has 0 aliphatic heterocycles. The van der Waals surface area contributed by atoms with E-state index in [4.69, 9.17) is 10.2 Å². The van der Waals surface area contributed by atoms with Crippen LogP contribution >= 0.6 is 0 Å². The fourth-order valence-electron chi connectivity index (χ4n) is 2.15. The highest BCUT2D eigenvalue weighted by molar-refractivity contribution is 5.95. The maximum absolute atomic E-state index is 12.4. The molecule has 0 saturated carbocycles. The first-order valence-corrected chi connectivity index (χ1v) is 7.84. The van der Waals surface area contributed by atoms with Gasteiger partial charge in [-0.3, -0.25) is 9.59 Å². The minimum atomic E-state index is -0.617. The predicted molar refractivity (Wildman–Crippen MR) is 85.3 cm³/mol. The standard InChI is InChI=1S/C16H27N3O3/c1-4-5-7-12(10-17)18-16(21)14(11(2)3)19-15(20)13-8-6-9-22-13/h6,8-9,11-12,14H,4-5,7,10,17H2,1-3H3,(H,18,21)(H,19,20). The lowest BCUT2D eigenvalue weighted by Crippen LogP contribution is -2.53. The number of carbonyl (C=O) groups excluding carboxylic acids is 2. The van der Waals surface area contributed by atoms with E-state index in [0.717, 1.165) is 19.3 Å². The van der Waals surface area contributed by atoms with Crippen molar-refractivity contribution in [3.8, 4) is 0 Å². The van der Waals surface area contributed by atoms with Crippen molar-refractivity contribution in [2.75, 3.05) is 6.54 Å². The summed E-state index contributed by atoms with van der Waals surface area (Å²) in [5.74, 6) is -0.443. The first kappa shape index (κ1) is 18.2. The van der Waals surface area contributed by atoms with Gasteiger partial charge in [0.2, 0.25) is 5.91 Å². The molecule has 0 saturated heterocycles. The van der Waals surface area contributed by atoms with Crippen molar-refractivity contribution < 1.29 is 14.0 Å². The van der Waals surface area contributed by atoms with Crippen molar-refractivity contribution in [1.82, 2.24) is 10.6 Å². The van der Waals surface area contributed by atoms with Crippen molar-refractivity contribution in [3.63, 3.8) is 0 Å². The van der Waals surface area contributed by atoms with Crippen LogP contribution in [0.2, 0.25) is 0 Å². The lowest BCUT2D eigenvalue weighted by molar-refractivity contribution is -0.124. The third kappa shape index (κ3) is 5.52. The molecule has 0 bridgehead atoms. The van der Waals surface area contributed by atoms with E-state index in [1.54, 1.807) is 12.1 Å². The predicted octanol–water partition coefficient (Wildman–Crippen LogP) is 1.67. The second-order valence-electron chi connectivity index (χ2n) is 5.76. The molecular formula is C16H27N3O3. The molecule has 1 aromatic heterocycles. The van der Waals surface area contributed by atoms with E-state index in [9.17, 15) is 9.59 Å². The average molecular weight is 309 g/mol. The summed E-state index contributed by atoms with van der Waals surface area (Å²) < 4.78 is 5.05. The molecule has 0 radical (unpaired) electrons. The smallest absolute Gasteiger partial charge is 0.287 e. The number of amides is 2. The summed E-state index contributed by atoms with van der Waals surface area (Å²) in [6.07, 6.45) is 4.33. The van der Waals surface area contributed by atoms with E-state index in [1.165, 1.54) is 6.26 Å². The Morgan fingerprint density at radius 1 is 1.32 bits per heavy atom. The Bertz CT molecular complexity index is 457. The van der Waals surface area contributed by atoms with Gasteiger partial charge < -0.3 is 20.8 Å². The summed E-state index contributed by atoms with van der Waals surface area (Å²) in [5, 5.41) is 5.64. The van der Waals surface area contributed by atoms with Crippen LogP contribution in [0.3, 0.4) is 0 Å². The van der Waals surface area contributed by atoms with Crippen LogP contribution in [-0.4, -0.2) is 30.4 Å². The Balaban J connectivity index is 2.65.